The molecule has 0 atom stereocenters. The van der Waals surface area contributed by atoms with Gasteiger partial charge in [0.2, 0.25) is 0 Å². The highest BCUT2D eigenvalue weighted by molar-refractivity contribution is 5.37. The van der Waals surface area contributed by atoms with Gasteiger partial charge in [0.05, 0.1) is 23.9 Å². The van der Waals surface area contributed by atoms with Crippen molar-refractivity contribution in [1.29, 1.82) is 5.26 Å². The van der Waals surface area contributed by atoms with Crippen molar-refractivity contribution in [3.05, 3.63) is 52.9 Å². The van der Waals surface area contributed by atoms with Gasteiger partial charge in [-0.25, -0.2) is 0 Å². The first-order valence-electron chi connectivity index (χ1n) is 7.59. The monoisotopic (exact) mass is 296 g/mol. The van der Waals surface area contributed by atoms with Crippen LogP contribution in [0.2, 0.25) is 0 Å². The molecule has 0 N–H and O–H groups in total. The van der Waals surface area contributed by atoms with E-state index in [9.17, 15) is 0 Å². The zero-order valence-corrected chi connectivity index (χ0v) is 12.8. The molecule has 5 heteroatoms. The Kier molecular flexibility index (Phi) is 4.52. The molecule has 0 saturated carbocycles. The molecule has 1 saturated heterocycles. The molecule has 1 aromatic carbocycles. The van der Waals surface area contributed by atoms with Crippen LogP contribution < -0.4 is 0 Å². The summed E-state index contributed by atoms with van der Waals surface area (Å²) in [6.45, 7) is 7.64. The Bertz CT molecular complexity index is 665. The minimum absolute atomic E-state index is 0.780. The minimum atomic E-state index is 0.780. The maximum Gasteiger partial charge on any atom is 0.150 e. The van der Waals surface area contributed by atoms with Gasteiger partial charge >= 0.3 is 0 Å². The fourth-order valence-electron chi connectivity index (χ4n) is 2.82. The molecule has 22 heavy (non-hydrogen) atoms. The summed E-state index contributed by atoms with van der Waals surface area (Å²) >= 11 is 0. The summed E-state index contributed by atoms with van der Waals surface area (Å²) in [5, 5.41) is 13.1. The van der Waals surface area contributed by atoms with Crippen LogP contribution in [0.15, 0.2) is 34.9 Å². The van der Waals surface area contributed by atoms with Gasteiger partial charge in [-0.3, -0.25) is 9.80 Å². The van der Waals surface area contributed by atoms with Gasteiger partial charge < -0.3 is 4.52 Å². The van der Waals surface area contributed by atoms with Crippen LogP contribution in [0.3, 0.4) is 0 Å². The average Bonchev–Trinajstić information content (AvgIpc) is 2.95. The number of rotatable bonds is 4. The van der Waals surface area contributed by atoms with Crippen LogP contribution in [0.5, 0.6) is 0 Å². The Hall–Kier alpha value is -2.16. The van der Waals surface area contributed by atoms with Crippen LogP contribution in [0, 0.1) is 18.3 Å². The minimum Gasteiger partial charge on any atom is -0.360 e. The molecule has 0 unspecified atom stereocenters. The summed E-state index contributed by atoms with van der Waals surface area (Å²) in [7, 11) is 0. The van der Waals surface area contributed by atoms with Gasteiger partial charge in [0.15, 0.2) is 5.76 Å². The first-order chi connectivity index (χ1) is 10.7. The van der Waals surface area contributed by atoms with E-state index in [-0.39, 0.29) is 0 Å². The van der Waals surface area contributed by atoms with E-state index in [0.29, 0.717) is 0 Å². The van der Waals surface area contributed by atoms with Gasteiger partial charge in [-0.05, 0) is 18.6 Å². The summed E-state index contributed by atoms with van der Waals surface area (Å²) in [4.78, 5) is 4.78. The molecule has 3 rings (SSSR count). The summed E-state index contributed by atoms with van der Waals surface area (Å²) in [6, 6.07) is 12.1. The first-order valence-corrected chi connectivity index (χ1v) is 7.59. The largest absolute Gasteiger partial charge is 0.360 e. The summed E-state index contributed by atoms with van der Waals surface area (Å²) in [5.74, 6) is 0.931. The lowest BCUT2D eigenvalue weighted by molar-refractivity contribution is 0.113. The maximum atomic E-state index is 9.16. The van der Waals surface area contributed by atoms with E-state index in [1.807, 2.05) is 37.3 Å². The second-order valence-electron chi connectivity index (χ2n) is 5.76. The summed E-state index contributed by atoms with van der Waals surface area (Å²) in [6.07, 6.45) is 0. The van der Waals surface area contributed by atoms with Crippen molar-refractivity contribution in [1.82, 2.24) is 15.0 Å². The average molecular weight is 296 g/mol. The van der Waals surface area contributed by atoms with Crippen LogP contribution in [0.25, 0.3) is 0 Å². The summed E-state index contributed by atoms with van der Waals surface area (Å²) in [5.41, 5.74) is 2.83. The second kappa shape index (κ2) is 6.73. The number of hydrogen-bond acceptors (Lipinski definition) is 5. The molecule has 1 aliphatic heterocycles. The van der Waals surface area contributed by atoms with Crippen LogP contribution in [-0.4, -0.2) is 41.1 Å². The highest BCUT2D eigenvalue weighted by Gasteiger charge is 2.19. The number of nitriles is 1. The second-order valence-corrected chi connectivity index (χ2v) is 5.76. The van der Waals surface area contributed by atoms with Gasteiger partial charge in [-0.2, -0.15) is 5.26 Å². The SMILES string of the molecule is Cc1cc(CN2CCN(Cc3ccccc3C#N)CC2)on1. The zero-order chi connectivity index (χ0) is 15.4. The molecule has 0 aliphatic carbocycles. The third kappa shape index (κ3) is 3.53. The molecule has 5 nitrogen and oxygen atoms in total. The molecule has 114 valence electrons. The topological polar surface area (TPSA) is 56.3 Å². The third-order valence-electron chi connectivity index (χ3n) is 4.05. The van der Waals surface area contributed by atoms with E-state index in [1.165, 1.54) is 0 Å². The molecular weight excluding hydrogens is 276 g/mol. The van der Waals surface area contributed by atoms with Crippen molar-refractivity contribution >= 4 is 0 Å². The van der Waals surface area contributed by atoms with E-state index >= 15 is 0 Å². The van der Waals surface area contributed by atoms with Gasteiger partial charge in [0.1, 0.15) is 0 Å². The van der Waals surface area contributed by atoms with Crippen LogP contribution in [0.4, 0.5) is 0 Å². The number of nitrogens with zero attached hydrogens (tertiary/aromatic N) is 4. The van der Waals surface area contributed by atoms with E-state index in [1.54, 1.807) is 0 Å². The third-order valence-corrected chi connectivity index (χ3v) is 4.05. The van der Waals surface area contributed by atoms with Crippen molar-refractivity contribution in [3.63, 3.8) is 0 Å². The van der Waals surface area contributed by atoms with E-state index in [4.69, 9.17) is 9.78 Å². The highest BCUT2D eigenvalue weighted by atomic mass is 16.5. The van der Waals surface area contributed by atoms with E-state index < -0.39 is 0 Å². The van der Waals surface area contributed by atoms with Crippen molar-refractivity contribution in [2.75, 3.05) is 26.2 Å². The zero-order valence-electron chi connectivity index (χ0n) is 12.8. The lowest BCUT2D eigenvalue weighted by atomic mass is 10.1. The molecule has 1 fully saturated rings. The Morgan fingerprint density at radius 1 is 1.14 bits per heavy atom. The Morgan fingerprint density at radius 2 is 1.82 bits per heavy atom. The van der Waals surface area contributed by atoms with Crippen molar-refractivity contribution < 1.29 is 4.52 Å². The van der Waals surface area contributed by atoms with Crippen molar-refractivity contribution in [2.45, 2.75) is 20.0 Å². The Balaban J connectivity index is 1.52. The molecule has 1 aromatic heterocycles. The lowest BCUT2D eigenvalue weighted by Gasteiger charge is -2.34. The van der Waals surface area contributed by atoms with Gasteiger partial charge in [0.25, 0.3) is 0 Å². The number of aromatic nitrogens is 1. The number of hydrogen-bond donors (Lipinski definition) is 0. The molecule has 0 amide bonds. The molecule has 0 bridgehead atoms. The van der Waals surface area contributed by atoms with Gasteiger partial charge in [-0.1, -0.05) is 23.4 Å². The summed E-state index contributed by atoms with van der Waals surface area (Å²) < 4.78 is 5.28. The van der Waals surface area contributed by atoms with Crippen LogP contribution >= 0.6 is 0 Å². The lowest BCUT2D eigenvalue weighted by Crippen LogP contribution is -2.45. The fourth-order valence-corrected chi connectivity index (χ4v) is 2.82. The Morgan fingerprint density at radius 3 is 2.45 bits per heavy atom. The number of benzene rings is 1. The van der Waals surface area contributed by atoms with Gasteiger partial charge in [0, 0.05) is 38.8 Å². The predicted octanol–water partition coefficient (Wildman–Crippen LogP) is 2.17. The van der Waals surface area contributed by atoms with Crippen LogP contribution in [0.1, 0.15) is 22.6 Å². The van der Waals surface area contributed by atoms with Crippen molar-refractivity contribution in [2.24, 2.45) is 0 Å². The first kappa shape index (κ1) is 14.8. The van der Waals surface area contributed by atoms with E-state index in [0.717, 1.165) is 61.8 Å². The smallest absolute Gasteiger partial charge is 0.150 e. The Labute approximate surface area is 130 Å². The van der Waals surface area contributed by atoms with E-state index in [2.05, 4.69) is 21.0 Å². The number of aryl methyl sites for hydroxylation is 1. The standard InChI is InChI=1S/C17H20N4O/c1-14-10-17(22-19-14)13-21-8-6-20(7-9-21)12-16-5-3-2-4-15(16)11-18/h2-5,10H,6-9,12-13H2,1H3. The molecular formula is C17H20N4O. The predicted molar refractivity (Wildman–Crippen MR) is 83.0 cm³/mol. The number of piperazine rings is 1. The van der Waals surface area contributed by atoms with Crippen LogP contribution in [-0.2, 0) is 13.1 Å². The van der Waals surface area contributed by atoms with Crippen molar-refractivity contribution in [3.8, 4) is 6.07 Å². The fraction of sp³-hybridized carbons (Fsp3) is 0.412. The van der Waals surface area contributed by atoms with Gasteiger partial charge in [-0.15, -0.1) is 0 Å². The molecule has 2 heterocycles. The maximum absolute atomic E-state index is 9.16. The molecule has 0 spiro atoms. The molecule has 1 aliphatic rings. The highest BCUT2D eigenvalue weighted by Crippen LogP contribution is 2.14. The quantitative estimate of drug-likeness (QED) is 0.865. The normalized spacial score (nSPS) is 16.5. The molecule has 0 radical (unpaired) electrons. The molecule has 2 aromatic rings.